The van der Waals surface area contributed by atoms with Gasteiger partial charge in [-0.25, -0.2) is 4.79 Å². The molecule has 0 aliphatic heterocycles. The Morgan fingerprint density at radius 3 is 3.10 bits per heavy atom. The van der Waals surface area contributed by atoms with Gasteiger partial charge in [0.05, 0.1) is 6.61 Å². The number of carbonyl (C=O) groups is 1. The van der Waals surface area contributed by atoms with Crippen molar-refractivity contribution < 1.29 is 9.53 Å². The Morgan fingerprint density at radius 2 is 2.24 bits per heavy atom. The van der Waals surface area contributed by atoms with Crippen LogP contribution in [0.5, 0.6) is 0 Å². The number of hydrogen-bond acceptors (Lipinski definition) is 4. The summed E-state index contributed by atoms with van der Waals surface area (Å²) < 4.78 is 7.21. The predicted molar refractivity (Wildman–Crippen MR) is 82.7 cm³/mol. The summed E-state index contributed by atoms with van der Waals surface area (Å²) in [4.78, 5) is 14.2. The van der Waals surface area contributed by atoms with Crippen molar-refractivity contribution in [3.63, 3.8) is 0 Å². The molecule has 1 aliphatic carbocycles. The second-order valence-corrected chi connectivity index (χ2v) is 6.52. The highest BCUT2D eigenvalue weighted by molar-refractivity contribution is 7.14. The lowest BCUT2D eigenvalue weighted by atomic mass is 10.1. The molecule has 0 saturated heterocycles. The standard InChI is InChI=1S/C16H20N2O2S/c19-16(20-11-5-10-18-9-4-8-17-18)15-12-13-6-2-1-3-7-14(13)21-15/h4,8-9,12H,1-3,5-7,10-11H2. The normalized spacial score (nSPS) is 14.5. The highest BCUT2D eigenvalue weighted by Crippen LogP contribution is 2.29. The molecular weight excluding hydrogens is 284 g/mol. The Morgan fingerprint density at radius 1 is 1.33 bits per heavy atom. The Kier molecular flexibility index (Phi) is 4.70. The van der Waals surface area contributed by atoms with Gasteiger partial charge in [-0.2, -0.15) is 5.10 Å². The highest BCUT2D eigenvalue weighted by Gasteiger charge is 2.17. The third-order valence-electron chi connectivity index (χ3n) is 3.77. The maximum atomic E-state index is 12.1. The summed E-state index contributed by atoms with van der Waals surface area (Å²) in [6.45, 7) is 1.22. The number of carbonyl (C=O) groups excluding carboxylic acids is 1. The smallest absolute Gasteiger partial charge is 0.348 e. The molecule has 0 amide bonds. The second-order valence-electron chi connectivity index (χ2n) is 5.38. The molecule has 0 radical (unpaired) electrons. The van der Waals surface area contributed by atoms with Crippen LogP contribution in [0.3, 0.4) is 0 Å². The van der Waals surface area contributed by atoms with Crippen LogP contribution >= 0.6 is 11.3 Å². The van der Waals surface area contributed by atoms with E-state index in [1.54, 1.807) is 17.5 Å². The zero-order valence-electron chi connectivity index (χ0n) is 12.1. The molecule has 5 heteroatoms. The minimum absolute atomic E-state index is 0.173. The molecule has 1 aliphatic rings. The molecule has 112 valence electrons. The van der Waals surface area contributed by atoms with E-state index in [1.807, 2.05) is 23.0 Å². The molecule has 0 atom stereocenters. The topological polar surface area (TPSA) is 44.1 Å². The van der Waals surface area contributed by atoms with Crippen molar-refractivity contribution in [1.82, 2.24) is 9.78 Å². The van der Waals surface area contributed by atoms with E-state index in [0.29, 0.717) is 6.61 Å². The van der Waals surface area contributed by atoms with Crippen LogP contribution in [0.4, 0.5) is 0 Å². The van der Waals surface area contributed by atoms with E-state index in [0.717, 1.165) is 30.7 Å². The third-order valence-corrected chi connectivity index (χ3v) is 4.99. The van der Waals surface area contributed by atoms with E-state index in [9.17, 15) is 4.79 Å². The van der Waals surface area contributed by atoms with Gasteiger partial charge in [0.1, 0.15) is 4.88 Å². The number of thiophene rings is 1. The Bertz CT molecular complexity index is 566. The van der Waals surface area contributed by atoms with Crippen molar-refractivity contribution in [1.29, 1.82) is 0 Å². The fourth-order valence-electron chi connectivity index (χ4n) is 2.66. The number of esters is 1. The lowest BCUT2D eigenvalue weighted by Crippen LogP contribution is -2.08. The molecule has 3 rings (SSSR count). The quantitative estimate of drug-likeness (QED) is 0.483. The van der Waals surface area contributed by atoms with Gasteiger partial charge in [-0.05, 0) is 43.4 Å². The first-order valence-electron chi connectivity index (χ1n) is 7.59. The monoisotopic (exact) mass is 304 g/mol. The SMILES string of the molecule is O=C(OCCCn1cccn1)c1cc2c(s1)CCCCC2. The number of aromatic nitrogens is 2. The molecule has 0 fully saturated rings. The van der Waals surface area contributed by atoms with Crippen molar-refractivity contribution in [2.45, 2.75) is 45.1 Å². The van der Waals surface area contributed by atoms with Crippen molar-refractivity contribution in [2.24, 2.45) is 0 Å². The first-order chi connectivity index (χ1) is 10.3. The third kappa shape index (κ3) is 3.73. The molecule has 2 heterocycles. The van der Waals surface area contributed by atoms with Gasteiger partial charge in [0.15, 0.2) is 0 Å². The molecule has 2 aromatic heterocycles. The molecule has 0 unspecified atom stereocenters. The summed E-state index contributed by atoms with van der Waals surface area (Å²) in [6, 6.07) is 3.94. The fraction of sp³-hybridized carbons (Fsp3) is 0.500. The number of nitrogens with zero attached hydrogens (tertiary/aromatic N) is 2. The van der Waals surface area contributed by atoms with Gasteiger partial charge in [-0.15, -0.1) is 11.3 Å². The average molecular weight is 304 g/mol. The molecule has 0 N–H and O–H groups in total. The fourth-order valence-corrected chi connectivity index (χ4v) is 3.81. The lowest BCUT2D eigenvalue weighted by Gasteiger charge is -2.03. The van der Waals surface area contributed by atoms with E-state index in [2.05, 4.69) is 5.10 Å². The van der Waals surface area contributed by atoms with Gasteiger partial charge in [0.2, 0.25) is 0 Å². The van der Waals surface area contributed by atoms with Crippen LogP contribution in [-0.4, -0.2) is 22.4 Å². The average Bonchev–Trinajstić information content (AvgIpc) is 3.09. The summed E-state index contributed by atoms with van der Waals surface area (Å²) in [6.07, 6.45) is 10.5. The maximum absolute atomic E-state index is 12.1. The first kappa shape index (κ1) is 14.3. The molecule has 21 heavy (non-hydrogen) atoms. The second kappa shape index (κ2) is 6.89. The number of rotatable bonds is 5. The van der Waals surface area contributed by atoms with E-state index in [1.165, 1.54) is 29.7 Å². The van der Waals surface area contributed by atoms with Crippen LogP contribution in [0.25, 0.3) is 0 Å². The van der Waals surface area contributed by atoms with Gasteiger partial charge >= 0.3 is 5.97 Å². The summed E-state index contributed by atoms with van der Waals surface area (Å²) in [5, 5.41) is 4.12. The summed E-state index contributed by atoms with van der Waals surface area (Å²) >= 11 is 1.62. The Balaban J connectivity index is 1.49. The predicted octanol–water partition coefficient (Wildman–Crippen LogP) is 3.46. The molecule has 0 aromatic carbocycles. The zero-order valence-corrected chi connectivity index (χ0v) is 12.9. The molecule has 0 bridgehead atoms. The van der Waals surface area contributed by atoms with Crippen molar-refractivity contribution in [3.8, 4) is 0 Å². The zero-order chi connectivity index (χ0) is 14.5. The van der Waals surface area contributed by atoms with E-state index in [-0.39, 0.29) is 5.97 Å². The van der Waals surface area contributed by atoms with Crippen LogP contribution in [0.1, 0.15) is 45.8 Å². The molecule has 2 aromatic rings. The molecular formula is C16H20N2O2S. The highest BCUT2D eigenvalue weighted by atomic mass is 32.1. The van der Waals surface area contributed by atoms with Crippen LogP contribution < -0.4 is 0 Å². The van der Waals surface area contributed by atoms with Crippen molar-refractivity contribution >= 4 is 17.3 Å². The van der Waals surface area contributed by atoms with Crippen LogP contribution in [0.15, 0.2) is 24.5 Å². The largest absolute Gasteiger partial charge is 0.461 e. The molecule has 4 nitrogen and oxygen atoms in total. The van der Waals surface area contributed by atoms with Crippen molar-refractivity contribution in [2.75, 3.05) is 6.61 Å². The molecule has 0 spiro atoms. The summed E-state index contributed by atoms with van der Waals surface area (Å²) in [5.41, 5.74) is 1.36. The van der Waals surface area contributed by atoms with Gasteiger partial charge in [0, 0.05) is 30.2 Å². The first-order valence-corrected chi connectivity index (χ1v) is 8.41. The van der Waals surface area contributed by atoms with Crippen LogP contribution in [-0.2, 0) is 24.1 Å². The van der Waals surface area contributed by atoms with E-state index < -0.39 is 0 Å². The number of fused-ring (bicyclic) bond motifs is 1. The lowest BCUT2D eigenvalue weighted by molar-refractivity contribution is 0.0500. The van der Waals surface area contributed by atoms with E-state index >= 15 is 0 Å². The van der Waals surface area contributed by atoms with E-state index in [4.69, 9.17) is 4.74 Å². The van der Waals surface area contributed by atoms with Crippen LogP contribution in [0.2, 0.25) is 0 Å². The van der Waals surface area contributed by atoms with Gasteiger partial charge in [0.25, 0.3) is 0 Å². The van der Waals surface area contributed by atoms with Gasteiger partial charge in [-0.3, -0.25) is 4.68 Å². The maximum Gasteiger partial charge on any atom is 0.348 e. The van der Waals surface area contributed by atoms with Crippen LogP contribution in [0, 0.1) is 0 Å². The van der Waals surface area contributed by atoms with Gasteiger partial charge in [-0.1, -0.05) is 6.42 Å². The Hall–Kier alpha value is -1.62. The minimum atomic E-state index is -0.173. The van der Waals surface area contributed by atoms with Crippen molar-refractivity contribution in [3.05, 3.63) is 39.8 Å². The summed E-state index contributed by atoms with van der Waals surface area (Å²) in [5.74, 6) is -0.173. The number of ether oxygens (including phenoxy) is 1. The Labute approximate surface area is 128 Å². The molecule has 0 saturated carbocycles. The number of aryl methyl sites for hydroxylation is 3. The summed E-state index contributed by atoms with van der Waals surface area (Å²) in [7, 11) is 0. The minimum Gasteiger partial charge on any atom is -0.461 e. The number of hydrogen-bond donors (Lipinski definition) is 0. The van der Waals surface area contributed by atoms with Gasteiger partial charge < -0.3 is 4.74 Å².